The Morgan fingerprint density at radius 3 is 2.52 bits per heavy atom. The molecule has 3 rings (SSSR count). The van der Waals surface area contributed by atoms with Gasteiger partial charge in [0.2, 0.25) is 0 Å². The number of nitrogens with zero attached hydrogens (tertiary/aromatic N) is 1. The standard InChI is InChI=1S/C14H7ClF3NO2/c15-11-10(20)6-5-8-12(19-21-13(8)11)7-3-1-2-4-9(7)14(16,17)18/h1-6,20H. The highest BCUT2D eigenvalue weighted by atomic mass is 35.5. The summed E-state index contributed by atoms with van der Waals surface area (Å²) in [5, 5.41) is 13.4. The van der Waals surface area contributed by atoms with Gasteiger partial charge in [-0.1, -0.05) is 35.0 Å². The van der Waals surface area contributed by atoms with Crippen LogP contribution < -0.4 is 0 Å². The summed E-state index contributed by atoms with van der Waals surface area (Å²) in [6.45, 7) is 0. The molecule has 0 bridgehead atoms. The predicted molar refractivity (Wildman–Crippen MR) is 71.1 cm³/mol. The molecule has 0 saturated carbocycles. The van der Waals surface area contributed by atoms with E-state index in [4.69, 9.17) is 16.1 Å². The summed E-state index contributed by atoms with van der Waals surface area (Å²) in [5.74, 6) is -0.226. The smallest absolute Gasteiger partial charge is 0.417 e. The average molecular weight is 314 g/mol. The zero-order chi connectivity index (χ0) is 15.2. The van der Waals surface area contributed by atoms with E-state index < -0.39 is 11.7 Å². The third-order valence-corrected chi connectivity index (χ3v) is 3.41. The minimum absolute atomic E-state index is 0.0276. The Balaban J connectivity index is 2.30. The number of phenols is 1. The molecule has 0 aliphatic carbocycles. The fourth-order valence-electron chi connectivity index (χ4n) is 2.09. The molecule has 0 aliphatic heterocycles. The van der Waals surface area contributed by atoms with Crippen molar-refractivity contribution in [1.29, 1.82) is 0 Å². The first-order valence-corrected chi connectivity index (χ1v) is 6.21. The second-order valence-corrected chi connectivity index (χ2v) is 4.73. The number of hydrogen-bond acceptors (Lipinski definition) is 3. The maximum atomic E-state index is 13.1. The molecule has 1 N–H and O–H groups in total. The number of benzene rings is 2. The Labute approximate surface area is 121 Å². The number of fused-ring (bicyclic) bond motifs is 1. The lowest BCUT2D eigenvalue weighted by molar-refractivity contribution is -0.137. The Hall–Kier alpha value is -2.21. The molecule has 0 radical (unpaired) electrons. The van der Waals surface area contributed by atoms with Crippen LogP contribution in [0, 0.1) is 0 Å². The fourth-order valence-corrected chi connectivity index (χ4v) is 2.29. The molecule has 7 heteroatoms. The first kappa shape index (κ1) is 13.8. The molecule has 3 aromatic rings. The topological polar surface area (TPSA) is 46.3 Å². The van der Waals surface area contributed by atoms with Gasteiger partial charge in [-0.15, -0.1) is 0 Å². The summed E-state index contributed by atoms with van der Waals surface area (Å²) in [6, 6.07) is 7.75. The van der Waals surface area contributed by atoms with Gasteiger partial charge in [-0.25, -0.2) is 0 Å². The van der Waals surface area contributed by atoms with Gasteiger partial charge in [0.1, 0.15) is 16.5 Å². The van der Waals surface area contributed by atoms with Crippen molar-refractivity contribution in [3.05, 3.63) is 47.0 Å². The highest BCUT2D eigenvalue weighted by molar-refractivity contribution is 6.36. The molecule has 108 valence electrons. The molecule has 0 spiro atoms. The number of halogens is 4. The van der Waals surface area contributed by atoms with E-state index in [1.54, 1.807) is 0 Å². The van der Waals surface area contributed by atoms with Gasteiger partial charge in [0.05, 0.1) is 10.9 Å². The van der Waals surface area contributed by atoms with E-state index in [0.29, 0.717) is 5.39 Å². The van der Waals surface area contributed by atoms with E-state index in [1.807, 2.05) is 0 Å². The highest BCUT2D eigenvalue weighted by Crippen LogP contribution is 2.41. The number of aromatic hydroxyl groups is 1. The predicted octanol–water partition coefficient (Wildman–Crippen LogP) is 4.87. The molecule has 0 unspecified atom stereocenters. The molecule has 2 aromatic carbocycles. The van der Waals surface area contributed by atoms with Gasteiger partial charge < -0.3 is 9.63 Å². The fraction of sp³-hybridized carbons (Fsp3) is 0.0714. The van der Waals surface area contributed by atoms with E-state index in [2.05, 4.69) is 5.16 Å². The maximum Gasteiger partial charge on any atom is 0.417 e. The molecule has 21 heavy (non-hydrogen) atoms. The lowest BCUT2D eigenvalue weighted by atomic mass is 10.0. The third-order valence-electron chi connectivity index (χ3n) is 3.05. The third kappa shape index (κ3) is 2.21. The van der Waals surface area contributed by atoms with E-state index in [9.17, 15) is 18.3 Å². The van der Waals surface area contributed by atoms with Crippen LogP contribution >= 0.6 is 11.6 Å². The number of aromatic nitrogens is 1. The molecule has 1 heterocycles. The number of hydrogen-bond donors (Lipinski definition) is 1. The van der Waals surface area contributed by atoms with Crippen molar-refractivity contribution in [2.75, 3.05) is 0 Å². The minimum atomic E-state index is -4.51. The van der Waals surface area contributed by atoms with Crippen LogP contribution in [0.2, 0.25) is 5.02 Å². The molecular formula is C14H7ClF3NO2. The van der Waals surface area contributed by atoms with E-state index in [1.165, 1.54) is 30.3 Å². The van der Waals surface area contributed by atoms with Gasteiger partial charge >= 0.3 is 6.18 Å². The summed E-state index contributed by atoms with van der Waals surface area (Å²) >= 11 is 5.85. The minimum Gasteiger partial charge on any atom is -0.506 e. The first-order chi connectivity index (χ1) is 9.89. The van der Waals surface area contributed by atoms with Crippen molar-refractivity contribution in [2.24, 2.45) is 0 Å². The van der Waals surface area contributed by atoms with E-state index >= 15 is 0 Å². The van der Waals surface area contributed by atoms with Gasteiger partial charge in [0, 0.05) is 5.56 Å². The largest absolute Gasteiger partial charge is 0.506 e. The van der Waals surface area contributed by atoms with E-state index in [-0.39, 0.29) is 27.6 Å². The zero-order valence-corrected chi connectivity index (χ0v) is 11.0. The maximum absolute atomic E-state index is 13.1. The van der Waals surface area contributed by atoms with Crippen LogP contribution in [-0.2, 0) is 6.18 Å². The normalized spacial score (nSPS) is 12.0. The van der Waals surface area contributed by atoms with Gasteiger partial charge in [-0.2, -0.15) is 13.2 Å². The average Bonchev–Trinajstić information content (AvgIpc) is 2.86. The molecule has 3 nitrogen and oxygen atoms in total. The van der Waals surface area contributed by atoms with Crippen LogP contribution in [0.1, 0.15) is 5.56 Å². The Bertz CT molecular complexity index is 827. The van der Waals surface area contributed by atoms with Gasteiger partial charge in [0.25, 0.3) is 0 Å². The van der Waals surface area contributed by atoms with Crippen molar-refractivity contribution in [2.45, 2.75) is 6.18 Å². The lowest BCUT2D eigenvalue weighted by Crippen LogP contribution is -2.06. The highest BCUT2D eigenvalue weighted by Gasteiger charge is 2.34. The molecule has 0 aliphatic rings. The second kappa shape index (κ2) is 4.66. The van der Waals surface area contributed by atoms with Crippen LogP contribution in [0.25, 0.3) is 22.2 Å². The van der Waals surface area contributed by atoms with Crippen molar-refractivity contribution >= 4 is 22.6 Å². The quantitative estimate of drug-likeness (QED) is 0.697. The molecule has 0 saturated heterocycles. The van der Waals surface area contributed by atoms with Gasteiger partial charge in [-0.3, -0.25) is 0 Å². The SMILES string of the molecule is Oc1ccc2c(-c3ccccc3C(F)(F)F)noc2c1Cl. The summed E-state index contributed by atoms with van der Waals surface area (Å²) in [4.78, 5) is 0. The Kier molecular flexibility index (Phi) is 3.06. The van der Waals surface area contributed by atoms with Crippen LogP contribution in [0.15, 0.2) is 40.9 Å². The lowest BCUT2D eigenvalue weighted by Gasteiger charge is -2.10. The number of alkyl halides is 3. The first-order valence-electron chi connectivity index (χ1n) is 5.83. The molecular weight excluding hydrogens is 307 g/mol. The van der Waals surface area contributed by atoms with Crippen molar-refractivity contribution in [3.8, 4) is 17.0 Å². The Morgan fingerprint density at radius 2 is 1.81 bits per heavy atom. The van der Waals surface area contributed by atoms with Crippen molar-refractivity contribution in [1.82, 2.24) is 5.16 Å². The summed E-state index contributed by atoms with van der Waals surface area (Å²) in [6.07, 6.45) is -4.51. The van der Waals surface area contributed by atoms with Gasteiger partial charge in [-0.05, 0) is 18.2 Å². The molecule has 0 atom stereocenters. The van der Waals surface area contributed by atoms with Gasteiger partial charge in [0.15, 0.2) is 5.58 Å². The summed E-state index contributed by atoms with van der Waals surface area (Å²) in [7, 11) is 0. The summed E-state index contributed by atoms with van der Waals surface area (Å²) in [5.41, 5.74) is -0.849. The van der Waals surface area contributed by atoms with Crippen molar-refractivity contribution < 1.29 is 22.8 Å². The number of rotatable bonds is 1. The molecule has 0 fully saturated rings. The van der Waals surface area contributed by atoms with Crippen LogP contribution in [0.5, 0.6) is 5.75 Å². The van der Waals surface area contributed by atoms with Crippen LogP contribution in [0.4, 0.5) is 13.2 Å². The second-order valence-electron chi connectivity index (χ2n) is 4.35. The Morgan fingerprint density at radius 1 is 1.10 bits per heavy atom. The zero-order valence-electron chi connectivity index (χ0n) is 10.3. The molecule has 0 amide bonds. The molecule has 1 aromatic heterocycles. The monoisotopic (exact) mass is 313 g/mol. The number of phenolic OH excluding ortho intramolecular Hbond substituents is 1. The van der Waals surface area contributed by atoms with Crippen LogP contribution in [-0.4, -0.2) is 10.3 Å². The van der Waals surface area contributed by atoms with Crippen LogP contribution in [0.3, 0.4) is 0 Å². The summed E-state index contributed by atoms with van der Waals surface area (Å²) < 4.78 is 44.2. The van der Waals surface area contributed by atoms with E-state index in [0.717, 1.165) is 6.07 Å². The van der Waals surface area contributed by atoms with Crippen molar-refractivity contribution in [3.63, 3.8) is 0 Å².